The van der Waals surface area contributed by atoms with Crippen molar-refractivity contribution in [2.75, 3.05) is 32.1 Å². The molecule has 0 heterocycles. The fourth-order valence-corrected chi connectivity index (χ4v) is 3.29. The van der Waals surface area contributed by atoms with Crippen molar-refractivity contribution in [3.05, 3.63) is 65.7 Å². The number of hydrogen-bond acceptors (Lipinski definition) is 7. The lowest BCUT2D eigenvalue weighted by atomic mass is 10.2. The topological polar surface area (TPSA) is 116 Å². The Hall–Kier alpha value is -2.22. The average molecular weight is 451 g/mol. The molecule has 0 unspecified atom stereocenters. The summed E-state index contributed by atoms with van der Waals surface area (Å²) in [6.45, 7) is 4.43. The van der Waals surface area contributed by atoms with Crippen molar-refractivity contribution in [3.8, 4) is 6.07 Å². The van der Waals surface area contributed by atoms with Crippen molar-refractivity contribution < 1.29 is 22.5 Å². The first kappa shape index (κ1) is 25.8. The Labute approximate surface area is 182 Å². The van der Waals surface area contributed by atoms with Crippen LogP contribution in [0.4, 0.5) is 0 Å². The van der Waals surface area contributed by atoms with Gasteiger partial charge in [-0.25, -0.2) is 0 Å². The fraction of sp³-hybridized carbons (Fsp3) is 0.333. The van der Waals surface area contributed by atoms with Crippen LogP contribution in [0, 0.1) is 18.3 Å². The largest absolute Gasteiger partial charge is 0.379 e. The quantitative estimate of drug-likeness (QED) is 0.418. The summed E-state index contributed by atoms with van der Waals surface area (Å²) >= 11 is 1.32. The number of carbonyl (C=O) groups is 1. The maximum absolute atomic E-state index is 11.7. The molecule has 2 rings (SSSR count). The Balaban J connectivity index is 0.000000346. The molecule has 7 nitrogen and oxygen atoms in total. The number of nitrogens with zero attached hydrogens (tertiary/aromatic N) is 1. The lowest BCUT2D eigenvalue weighted by molar-refractivity contribution is 0.108. The molecule has 2 N–H and O–H groups in total. The molecule has 0 saturated heterocycles. The second-order valence-corrected chi connectivity index (χ2v) is 8.55. The van der Waals surface area contributed by atoms with E-state index < -0.39 is 10.1 Å². The Kier molecular flexibility index (Phi) is 12.7. The van der Waals surface area contributed by atoms with Gasteiger partial charge in [0.15, 0.2) is 0 Å². The summed E-state index contributed by atoms with van der Waals surface area (Å²) in [6, 6.07) is 17.3. The molecule has 162 valence electrons. The molecule has 0 spiro atoms. The second kappa shape index (κ2) is 14.7. The van der Waals surface area contributed by atoms with E-state index in [2.05, 4.69) is 5.32 Å². The summed E-state index contributed by atoms with van der Waals surface area (Å²) in [7, 11) is -4.02. The molecular weight excluding hydrogens is 424 g/mol. The van der Waals surface area contributed by atoms with Crippen LogP contribution in [0.25, 0.3) is 0 Å². The number of ether oxygens (including phenoxy) is 1. The van der Waals surface area contributed by atoms with Gasteiger partial charge in [0.2, 0.25) is 5.12 Å². The van der Waals surface area contributed by atoms with Crippen LogP contribution < -0.4 is 5.32 Å². The molecule has 0 fully saturated rings. The number of carbonyl (C=O) groups excluding carboxylic acids is 1. The molecule has 2 aromatic carbocycles. The first-order valence-electron chi connectivity index (χ1n) is 9.26. The summed E-state index contributed by atoms with van der Waals surface area (Å²) in [6.07, 6.45) is 0.432. The summed E-state index contributed by atoms with van der Waals surface area (Å²) in [5.74, 6) is 0.742. The van der Waals surface area contributed by atoms with Crippen LogP contribution >= 0.6 is 11.8 Å². The molecule has 0 amide bonds. The SMILES string of the molecule is Cc1ccc(S(=O)(=O)O)cc1.N#CCCOCCNCCSC(=O)c1ccccc1. The van der Waals surface area contributed by atoms with E-state index in [0.717, 1.165) is 30.0 Å². The highest BCUT2D eigenvalue weighted by Crippen LogP contribution is 2.11. The second-order valence-electron chi connectivity index (χ2n) is 6.06. The fourth-order valence-electron chi connectivity index (χ4n) is 2.07. The van der Waals surface area contributed by atoms with Crippen LogP contribution in [0.1, 0.15) is 22.3 Å². The van der Waals surface area contributed by atoms with Crippen LogP contribution in [0.5, 0.6) is 0 Å². The van der Waals surface area contributed by atoms with E-state index in [1.54, 1.807) is 12.1 Å². The summed E-state index contributed by atoms with van der Waals surface area (Å²) in [5.41, 5.74) is 1.70. The summed E-state index contributed by atoms with van der Waals surface area (Å²) in [5, 5.41) is 11.6. The molecular formula is C21H26N2O5S2. The Morgan fingerprint density at radius 2 is 1.77 bits per heavy atom. The number of benzene rings is 2. The maximum atomic E-state index is 11.7. The van der Waals surface area contributed by atoms with Gasteiger partial charge < -0.3 is 10.1 Å². The Bertz CT molecular complexity index is 895. The normalized spacial score (nSPS) is 10.6. The van der Waals surface area contributed by atoms with Crippen molar-refractivity contribution in [1.29, 1.82) is 5.26 Å². The van der Waals surface area contributed by atoms with Crippen LogP contribution in [-0.4, -0.2) is 50.1 Å². The van der Waals surface area contributed by atoms with Crippen LogP contribution in [0.2, 0.25) is 0 Å². The van der Waals surface area contributed by atoms with E-state index in [0.29, 0.717) is 19.6 Å². The standard InChI is InChI=1S/C14H18N2O2S.C7H8O3S/c15-7-4-10-18-11-8-16-9-12-19-14(17)13-5-2-1-3-6-13;1-6-2-4-7(5-3-6)11(8,9)10/h1-3,5-6,16H,4,8-12H2;2-5H,1H3,(H,8,9,10). The van der Waals surface area contributed by atoms with Gasteiger partial charge in [0.05, 0.1) is 30.6 Å². The highest BCUT2D eigenvalue weighted by atomic mass is 32.2. The van der Waals surface area contributed by atoms with Crippen molar-refractivity contribution >= 4 is 27.0 Å². The van der Waals surface area contributed by atoms with Gasteiger partial charge in [-0.15, -0.1) is 0 Å². The van der Waals surface area contributed by atoms with Crippen LogP contribution in [-0.2, 0) is 14.9 Å². The highest BCUT2D eigenvalue weighted by molar-refractivity contribution is 8.14. The van der Waals surface area contributed by atoms with E-state index >= 15 is 0 Å². The van der Waals surface area contributed by atoms with E-state index in [-0.39, 0.29) is 10.0 Å². The molecule has 0 aromatic heterocycles. The molecule has 0 radical (unpaired) electrons. The predicted octanol–water partition coefficient (Wildman–Crippen LogP) is 3.32. The molecule has 9 heteroatoms. The summed E-state index contributed by atoms with van der Waals surface area (Å²) in [4.78, 5) is 11.7. The monoisotopic (exact) mass is 450 g/mol. The molecule has 0 saturated carbocycles. The Morgan fingerprint density at radius 1 is 1.10 bits per heavy atom. The van der Waals surface area contributed by atoms with E-state index in [9.17, 15) is 13.2 Å². The summed E-state index contributed by atoms with van der Waals surface area (Å²) < 4.78 is 34.8. The van der Waals surface area contributed by atoms with E-state index in [4.69, 9.17) is 14.6 Å². The zero-order chi connectivity index (χ0) is 22.2. The molecule has 0 aliphatic heterocycles. The smallest absolute Gasteiger partial charge is 0.294 e. The molecule has 0 bridgehead atoms. The molecule has 2 aromatic rings. The van der Waals surface area contributed by atoms with Gasteiger partial charge >= 0.3 is 0 Å². The Morgan fingerprint density at radius 3 is 2.37 bits per heavy atom. The first-order valence-corrected chi connectivity index (χ1v) is 11.7. The molecule has 30 heavy (non-hydrogen) atoms. The third-order valence-corrected chi connectivity index (χ3v) is 5.40. The lowest BCUT2D eigenvalue weighted by Gasteiger charge is -2.04. The molecule has 0 atom stereocenters. The van der Waals surface area contributed by atoms with Gasteiger partial charge in [0.25, 0.3) is 10.1 Å². The highest BCUT2D eigenvalue weighted by Gasteiger charge is 2.07. The van der Waals surface area contributed by atoms with Crippen LogP contribution in [0.15, 0.2) is 59.5 Å². The minimum atomic E-state index is -4.02. The van der Waals surface area contributed by atoms with Crippen molar-refractivity contribution in [2.45, 2.75) is 18.2 Å². The van der Waals surface area contributed by atoms with Gasteiger partial charge in [0, 0.05) is 24.4 Å². The number of rotatable bonds is 10. The zero-order valence-corrected chi connectivity index (χ0v) is 18.4. The van der Waals surface area contributed by atoms with Crippen LogP contribution in [0.3, 0.4) is 0 Å². The average Bonchev–Trinajstić information content (AvgIpc) is 2.73. The number of aryl methyl sites for hydroxylation is 1. The minimum absolute atomic E-state index is 0.0666. The van der Waals surface area contributed by atoms with Gasteiger partial charge in [0.1, 0.15) is 0 Å². The maximum Gasteiger partial charge on any atom is 0.294 e. The van der Waals surface area contributed by atoms with Gasteiger partial charge in [-0.3, -0.25) is 9.35 Å². The third kappa shape index (κ3) is 11.7. The van der Waals surface area contributed by atoms with Gasteiger partial charge in [-0.05, 0) is 19.1 Å². The van der Waals surface area contributed by atoms with Gasteiger partial charge in [-0.1, -0.05) is 59.8 Å². The third-order valence-electron chi connectivity index (χ3n) is 3.62. The first-order chi connectivity index (χ1) is 14.3. The number of nitrogens with one attached hydrogen (secondary N) is 1. The number of hydrogen-bond donors (Lipinski definition) is 2. The molecule has 0 aliphatic rings. The zero-order valence-electron chi connectivity index (χ0n) is 16.8. The number of nitriles is 1. The van der Waals surface area contributed by atoms with Crippen molar-refractivity contribution in [1.82, 2.24) is 5.32 Å². The molecule has 0 aliphatic carbocycles. The van der Waals surface area contributed by atoms with E-state index in [1.165, 1.54) is 23.9 Å². The van der Waals surface area contributed by atoms with Crippen molar-refractivity contribution in [2.24, 2.45) is 0 Å². The lowest BCUT2D eigenvalue weighted by Crippen LogP contribution is -2.22. The van der Waals surface area contributed by atoms with Crippen molar-refractivity contribution in [3.63, 3.8) is 0 Å². The number of thioether (sulfide) groups is 1. The predicted molar refractivity (Wildman–Crippen MR) is 118 cm³/mol. The van der Waals surface area contributed by atoms with E-state index in [1.807, 2.05) is 43.3 Å². The van der Waals surface area contributed by atoms with Gasteiger partial charge in [-0.2, -0.15) is 13.7 Å². The minimum Gasteiger partial charge on any atom is -0.379 e.